The Morgan fingerprint density at radius 2 is 2.06 bits per heavy atom. The predicted molar refractivity (Wildman–Crippen MR) is 78.1 cm³/mol. The number of hydrogen-bond acceptors (Lipinski definition) is 3. The van der Waals surface area contributed by atoms with Crippen LogP contribution in [-0.2, 0) is 0 Å². The van der Waals surface area contributed by atoms with Crippen molar-refractivity contribution < 1.29 is 5.11 Å². The van der Waals surface area contributed by atoms with Crippen LogP contribution < -0.4 is 10.2 Å². The summed E-state index contributed by atoms with van der Waals surface area (Å²) in [5.74, 6) is 0.229. The highest BCUT2D eigenvalue weighted by atomic mass is 35.5. The van der Waals surface area contributed by atoms with Crippen LogP contribution in [0, 0.1) is 0 Å². The first-order valence-electron chi connectivity index (χ1n) is 6.23. The maximum atomic E-state index is 9.50. The van der Waals surface area contributed by atoms with E-state index in [0.717, 1.165) is 24.5 Å². The molecule has 18 heavy (non-hydrogen) atoms. The molecule has 1 aromatic carbocycles. The topological polar surface area (TPSA) is 35.5 Å². The maximum absolute atomic E-state index is 9.50. The van der Waals surface area contributed by atoms with E-state index < -0.39 is 6.10 Å². The highest BCUT2D eigenvalue weighted by molar-refractivity contribution is 6.31. The van der Waals surface area contributed by atoms with E-state index in [0.29, 0.717) is 11.6 Å². The summed E-state index contributed by atoms with van der Waals surface area (Å²) in [5.41, 5.74) is 2.12. The van der Waals surface area contributed by atoms with E-state index in [9.17, 15) is 5.11 Å². The molecule has 1 aliphatic heterocycles. The van der Waals surface area contributed by atoms with Gasteiger partial charge in [0.05, 0.1) is 23.4 Å². The molecule has 1 fully saturated rings. The third kappa shape index (κ3) is 3.44. The van der Waals surface area contributed by atoms with Gasteiger partial charge >= 0.3 is 0 Å². The minimum absolute atomic E-state index is 0.229. The van der Waals surface area contributed by atoms with Gasteiger partial charge in [-0.2, -0.15) is 0 Å². The van der Waals surface area contributed by atoms with Crippen LogP contribution in [0.4, 0.5) is 11.4 Å². The van der Waals surface area contributed by atoms with Crippen LogP contribution in [0.3, 0.4) is 0 Å². The number of alkyl halides is 1. The predicted octanol–water partition coefficient (Wildman–Crippen LogP) is 2.95. The zero-order valence-corrected chi connectivity index (χ0v) is 11.7. The van der Waals surface area contributed by atoms with Crippen molar-refractivity contribution in [3.05, 3.63) is 23.2 Å². The summed E-state index contributed by atoms with van der Waals surface area (Å²) >= 11 is 11.6. The van der Waals surface area contributed by atoms with E-state index in [1.807, 2.05) is 18.2 Å². The summed E-state index contributed by atoms with van der Waals surface area (Å²) in [5, 5.41) is 13.4. The normalized spacial score (nSPS) is 16.9. The molecule has 100 valence electrons. The SMILES string of the molecule is OC(CCl)CNc1cc(Cl)ccc1N1CCCC1. The molecule has 1 heterocycles. The van der Waals surface area contributed by atoms with Gasteiger partial charge in [-0.3, -0.25) is 0 Å². The monoisotopic (exact) mass is 288 g/mol. The van der Waals surface area contributed by atoms with E-state index in [2.05, 4.69) is 10.2 Å². The van der Waals surface area contributed by atoms with Crippen LogP contribution in [0.1, 0.15) is 12.8 Å². The lowest BCUT2D eigenvalue weighted by Crippen LogP contribution is -2.23. The average molecular weight is 289 g/mol. The zero-order valence-electron chi connectivity index (χ0n) is 10.2. The molecule has 2 rings (SSSR count). The molecule has 1 aromatic rings. The fourth-order valence-corrected chi connectivity index (χ4v) is 2.45. The van der Waals surface area contributed by atoms with Gasteiger partial charge in [0.1, 0.15) is 0 Å². The summed E-state index contributed by atoms with van der Waals surface area (Å²) < 4.78 is 0. The quantitative estimate of drug-likeness (QED) is 0.818. The standard InChI is InChI=1S/C13H18Cl2N2O/c14-8-11(18)9-16-12-7-10(15)3-4-13(12)17-5-1-2-6-17/h3-4,7,11,16,18H,1-2,5-6,8-9H2. The Kier molecular flexibility index (Phi) is 4.98. The molecule has 2 N–H and O–H groups in total. The van der Waals surface area contributed by atoms with Crippen LogP contribution >= 0.6 is 23.2 Å². The Bertz CT molecular complexity index is 395. The molecule has 0 aliphatic carbocycles. The fraction of sp³-hybridized carbons (Fsp3) is 0.538. The number of aliphatic hydroxyl groups excluding tert-OH is 1. The first-order valence-corrected chi connectivity index (χ1v) is 7.14. The molecule has 1 unspecified atom stereocenters. The van der Waals surface area contributed by atoms with Crippen molar-refractivity contribution in [2.24, 2.45) is 0 Å². The van der Waals surface area contributed by atoms with Crippen LogP contribution in [0.15, 0.2) is 18.2 Å². The molecule has 0 amide bonds. The second-order valence-corrected chi connectivity index (χ2v) is 5.29. The summed E-state index contributed by atoms with van der Waals surface area (Å²) in [6.07, 6.45) is 1.91. The summed E-state index contributed by atoms with van der Waals surface area (Å²) in [6.45, 7) is 2.59. The van der Waals surface area contributed by atoms with Crippen molar-refractivity contribution in [3.63, 3.8) is 0 Å². The van der Waals surface area contributed by atoms with Crippen molar-refractivity contribution in [2.75, 3.05) is 35.7 Å². The van der Waals surface area contributed by atoms with E-state index >= 15 is 0 Å². The van der Waals surface area contributed by atoms with E-state index in [-0.39, 0.29) is 5.88 Å². The second-order valence-electron chi connectivity index (χ2n) is 4.54. The molecule has 0 bridgehead atoms. The number of anilines is 2. The summed E-state index contributed by atoms with van der Waals surface area (Å²) in [4.78, 5) is 2.34. The lowest BCUT2D eigenvalue weighted by Gasteiger charge is -2.23. The van der Waals surface area contributed by atoms with E-state index in [1.54, 1.807) is 0 Å². The van der Waals surface area contributed by atoms with Gasteiger partial charge in [-0.05, 0) is 31.0 Å². The van der Waals surface area contributed by atoms with Gasteiger partial charge in [0.25, 0.3) is 0 Å². The Hall–Kier alpha value is -0.640. The second kappa shape index (κ2) is 6.50. The molecule has 5 heteroatoms. The molecule has 1 saturated heterocycles. The molecule has 0 aromatic heterocycles. The molecule has 0 saturated carbocycles. The minimum Gasteiger partial charge on any atom is -0.390 e. The van der Waals surface area contributed by atoms with Gasteiger partial charge in [-0.15, -0.1) is 11.6 Å². The van der Waals surface area contributed by atoms with Crippen LogP contribution in [0.2, 0.25) is 5.02 Å². The van der Waals surface area contributed by atoms with Crippen LogP contribution in [-0.4, -0.2) is 36.7 Å². The molecule has 1 aliphatic rings. The van der Waals surface area contributed by atoms with Crippen molar-refractivity contribution in [2.45, 2.75) is 18.9 Å². The molecule has 1 atom stereocenters. The number of halogens is 2. The first kappa shape index (κ1) is 13.8. The molecular formula is C13H18Cl2N2O. The highest BCUT2D eigenvalue weighted by Crippen LogP contribution is 2.31. The molecular weight excluding hydrogens is 271 g/mol. The van der Waals surface area contributed by atoms with Gasteiger partial charge in [-0.1, -0.05) is 11.6 Å². The number of rotatable bonds is 5. The van der Waals surface area contributed by atoms with Gasteiger partial charge in [0, 0.05) is 24.7 Å². The highest BCUT2D eigenvalue weighted by Gasteiger charge is 2.16. The number of benzene rings is 1. The van der Waals surface area contributed by atoms with Crippen LogP contribution in [0.5, 0.6) is 0 Å². The zero-order chi connectivity index (χ0) is 13.0. The maximum Gasteiger partial charge on any atom is 0.0847 e. The van der Waals surface area contributed by atoms with Crippen LogP contribution in [0.25, 0.3) is 0 Å². The largest absolute Gasteiger partial charge is 0.390 e. The summed E-state index contributed by atoms with van der Waals surface area (Å²) in [6, 6.07) is 5.83. The Balaban J connectivity index is 2.12. The number of nitrogens with one attached hydrogen (secondary N) is 1. The smallest absolute Gasteiger partial charge is 0.0847 e. The molecule has 0 spiro atoms. The Morgan fingerprint density at radius 3 is 2.72 bits per heavy atom. The van der Waals surface area contributed by atoms with E-state index in [1.165, 1.54) is 12.8 Å². The third-order valence-electron chi connectivity index (χ3n) is 3.11. The van der Waals surface area contributed by atoms with Gasteiger partial charge in [0.15, 0.2) is 0 Å². The Labute approximate surface area is 118 Å². The number of nitrogens with zero attached hydrogens (tertiary/aromatic N) is 1. The molecule has 0 radical (unpaired) electrons. The van der Waals surface area contributed by atoms with Gasteiger partial charge in [-0.25, -0.2) is 0 Å². The van der Waals surface area contributed by atoms with Crippen molar-refractivity contribution in [1.82, 2.24) is 0 Å². The van der Waals surface area contributed by atoms with Crippen molar-refractivity contribution in [3.8, 4) is 0 Å². The summed E-state index contributed by atoms with van der Waals surface area (Å²) in [7, 11) is 0. The Morgan fingerprint density at radius 1 is 1.33 bits per heavy atom. The third-order valence-corrected chi connectivity index (χ3v) is 3.70. The van der Waals surface area contributed by atoms with Crippen molar-refractivity contribution >= 4 is 34.6 Å². The molecule has 3 nitrogen and oxygen atoms in total. The lowest BCUT2D eigenvalue weighted by molar-refractivity contribution is 0.211. The fourth-order valence-electron chi connectivity index (χ4n) is 2.17. The average Bonchev–Trinajstić information content (AvgIpc) is 2.89. The number of aliphatic hydroxyl groups is 1. The number of hydrogen-bond donors (Lipinski definition) is 2. The van der Waals surface area contributed by atoms with Crippen molar-refractivity contribution in [1.29, 1.82) is 0 Å². The minimum atomic E-state index is -0.544. The van der Waals surface area contributed by atoms with E-state index in [4.69, 9.17) is 23.2 Å². The van der Waals surface area contributed by atoms with Gasteiger partial charge in [0.2, 0.25) is 0 Å². The van der Waals surface area contributed by atoms with Gasteiger partial charge < -0.3 is 15.3 Å². The first-order chi connectivity index (χ1) is 8.70. The lowest BCUT2D eigenvalue weighted by atomic mass is 10.2.